The van der Waals surface area contributed by atoms with E-state index in [0.717, 1.165) is 15.8 Å². The SMILES string of the molecule is Cc1csc2c1cc(C(=O)c1ccccc1)n2CC(=O)O. The number of aryl methyl sites for hydroxylation is 1. The lowest BCUT2D eigenvalue weighted by Gasteiger charge is -2.06. The number of ketones is 1. The highest BCUT2D eigenvalue weighted by atomic mass is 32.1. The highest BCUT2D eigenvalue weighted by Crippen LogP contribution is 2.30. The van der Waals surface area contributed by atoms with Crippen molar-refractivity contribution in [1.82, 2.24) is 4.57 Å². The standard InChI is InChI=1S/C16H13NO3S/c1-10-9-21-16-12(10)7-13(17(16)8-14(18)19)15(20)11-5-3-2-4-6-11/h2-7,9H,8H2,1H3,(H,18,19). The van der Waals surface area contributed by atoms with E-state index in [4.69, 9.17) is 5.11 Å². The summed E-state index contributed by atoms with van der Waals surface area (Å²) in [5, 5.41) is 12.0. The van der Waals surface area contributed by atoms with Crippen molar-refractivity contribution in [2.75, 3.05) is 0 Å². The first-order valence-electron chi connectivity index (χ1n) is 6.47. The Morgan fingerprint density at radius 1 is 1.24 bits per heavy atom. The average molecular weight is 299 g/mol. The molecule has 0 aliphatic rings. The van der Waals surface area contributed by atoms with Crippen LogP contribution in [0, 0.1) is 6.92 Å². The van der Waals surface area contributed by atoms with Crippen molar-refractivity contribution in [3.63, 3.8) is 0 Å². The van der Waals surface area contributed by atoms with E-state index in [-0.39, 0.29) is 12.3 Å². The van der Waals surface area contributed by atoms with Gasteiger partial charge in [-0.3, -0.25) is 9.59 Å². The lowest BCUT2D eigenvalue weighted by Crippen LogP contribution is -2.15. The van der Waals surface area contributed by atoms with Gasteiger partial charge in [-0.05, 0) is 23.9 Å². The van der Waals surface area contributed by atoms with Crippen LogP contribution in [0.25, 0.3) is 10.2 Å². The molecular formula is C16H13NO3S. The van der Waals surface area contributed by atoms with Gasteiger partial charge in [-0.15, -0.1) is 11.3 Å². The molecule has 0 unspecified atom stereocenters. The van der Waals surface area contributed by atoms with Crippen molar-refractivity contribution in [2.24, 2.45) is 0 Å². The summed E-state index contributed by atoms with van der Waals surface area (Å²) < 4.78 is 1.59. The number of aliphatic carboxylic acids is 1. The molecule has 0 spiro atoms. The number of carboxylic acid groups (broad SMARTS) is 1. The molecule has 2 aromatic heterocycles. The summed E-state index contributed by atoms with van der Waals surface area (Å²) in [6.07, 6.45) is 0. The van der Waals surface area contributed by atoms with Crippen LogP contribution in [0.15, 0.2) is 41.8 Å². The smallest absolute Gasteiger partial charge is 0.323 e. The molecule has 2 heterocycles. The molecule has 0 aliphatic heterocycles. The van der Waals surface area contributed by atoms with Gasteiger partial charge in [0, 0.05) is 10.9 Å². The second kappa shape index (κ2) is 5.18. The van der Waals surface area contributed by atoms with Gasteiger partial charge in [0.25, 0.3) is 0 Å². The van der Waals surface area contributed by atoms with Gasteiger partial charge >= 0.3 is 5.97 Å². The van der Waals surface area contributed by atoms with E-state index in [2.05, 4.69) is 0 Å². The summed E-state index contributed by atoms with van der Waals surface area (Å²) in [5.41, 5.74) is 2.04. The minimum absolute atomic E-state index is 0.153. The molecule has 106 valence electrons. The van der Waals surface area contributed by atoms with Crippen LogP contribution in [-0.2, 0) is 11.3 Å². The highest BCUT2D eigenvalue weighted by Gasteiger charge is 2.20. The van der Waals surface area contributed by atoms with Crippen LogP contribution in [0.2, 0.25) is 0 Å². The number of carboxylic acids is 1. The van der Waals surface area contributed by atoms with Crippen LogP contribution >= 0.6 is 11.3 Å². The van der Waals surface area contributed by atoms with Gasteiger partial charge in [0.2, 0.25) is 5.78 Å². The quantitative estimate of drug-likeness (QED) is 0.752. The molecule has 5 heteroatoms. The molecule has 0 atom stereocenters. The van der Waals surface area contributed by atoms with Crippen molar-refractivity contribution >= 4 is 33.3 Å². The zero-order valence-electron chi connectivity index (χ0n) is 11.4. The number of hydrogen-bond acceptors (Lipinski definition) is 3. The topological polar surface area (TPSA) is 59.3 Å². The van der Waals surface area contributed by atoms with Crippen LogP contribution in [0.5, 0.6) is 0 Å². The maximum absolute atomic E-state index is 12.6. The summed E-state index contributed by atoms with van der Waals surface area (Å²) >= 11 is 1.46. The fraction of sp³-hybridized carbons (Fsp3) is 0.125. The molecule has 1 aromatic carbocycles. The van der Waals surface area contributed by atoms with Crippen molar-refractivity contribution < 1.29 is 14.7 Å². The number of carbonyl (C=O) groups excluding carboxylic acids is 1. The van der Waals surface area contributed by atoms with Crippen molar-refractivity contribution in [3.05, 3.63) is 58.6 Å². The second-order valence-electron chi connectivity index (χ2n) is 4.84. The maximum Gasteiger partial charge on any atom is 0.323 e. The van der Waals surface area contributed by atoms with E-state index < -0.39 is 5.97 Å². The van der Waals surface area contributed by atoms with Crippen LogP contribution in [0.4, 0.5) is 0 Å². The van der Waals surface area contributed by atoms with E-state index in [1.807, 2.05) is 18.4 Å². The molecule has 0 radical (unpaired) electrons. The van der Waals surface area contributed by atoms with Crippen molar-refractivity contribution in [2.45, 2.75) is 13.5 Å². The number of thiophene rings is 1. The lowest BCUT2D eigenvalue weighted by molar-refractivity contribution is -0.137. The predicted molar refractivity (Wildman–Crippen MR) is 82.1 cm³/mol. The number of carbonyl (C=O) groups is 2. The number of benzene rings is 1. The van der Waals surface area contributed by atoms with Gasteiger partial charge in [-0.25, -0.2) is 0 Å². The fourth-order valence-corrected chi connectivity index (χ4v) is 3.42. The molecule has 3 rings (SSSR count). The molecular weight excluding hydrogens is 286 g/mol. The summed E-state index contributed by atoms with van der Waals surface area (Å²) in [7, 11) is 0. The molecule has 0 saturated carbocycles. The molecule has 0 fully saturated rings. The molecule has 0 aliphatic carbocycles. The third-order valence-electron chi connectivity index (χ3n) is 3.38. The van der Waals surface area contributed by atoms with Gasteiger partial charge in [0.05, 0.1) is 5.69 Å². The van der Waals surface area contributed by atoms with Crippen LogP contribution < -0.4 is 0 Å². The number of rotatable bonds is 4. The third-order valence-corrected chi connectivity index (χ3v) is 4.52. The minimum Gasteiger partial charge on any atom is -0.480 e. The summed E-state index contributed by atoms with van der Waals surface area (Å²) in [6.45, 7) is 1.75. The van der Waals surface area contributed by atoms with E-state index in [0.29, 0.717) is 11.3 Å². The highest BCUT2D eigenvalue weighted by molar-refractivity contribution is 7.17. The maximum atomic E-state index is 12.6. The Morgan fingerprint density at radius 2 is 1.95 bits per heavy atom. The normalized spacial score (nSPS) is 10.9. The first-order valence-corrected chi connectivity index (χ1v) is 7.35. The molecule has 0 amide bonds. The summed E-state index contributed by atoms with van der Waals surface area (Å²) in [5.74, 6) is -1.11. The Morgan fingerprint density at radius 3 is 2.62 bits per heavy atom. The predicted octanol–water partition coefficient (Wildman–Crippen LogP) is 3.33. The van der Waals surface area contributed by atoms with Gasteiger partial charge in [0.1, 0.15) is 11.4 Å². The third kappa shape index (κ3) is 2.36. The molecule has 1 N–H and O–H groups in total. The molecule has 3 aromatic rings. The monoisotopic (exact) mass is 299 g/mol. The zero-order valence-corrected chi connectivity index (χ0v) is 12.2. The van der Waals surface area contributed by atoms with E-state index in [1.54, 1.807) is 34.9 Å². The van der Waals surface area contributed by atoms with E-state index in [1.165, 1.54) is 11.3 Å². The van der Waals surface area contributed by atoms with Crippen LogP contribution in [0.3, 0.4) is 0 Å². The zero-order chi connectivity index (χ0) is 15.0. The van der Waals surface area contributed by atoms with Gasteiger partial charge in [0.15, 0.2) is 0 Å². The number of aromatic nitrogens is 1. The largest absolute Gasteiger partial charge is 0.480 e. The van der Waals surface area contributed by atoms with Gasteiger partial charge < -0.3 is 9.67 Å². The van der Waals surface area contributed by atoms with Crippen LogP contribution in [0.1, 0.15) is 21.6 Å². The van der Waals surface area contributed by atoms with Gasteiger partial charge in [-0.1, -0.05) is 30.3 Å². The molecule has 0 saturated heterocycles. The van der Waals surface area contributed by atoms with Crippen molar-refractivity contribution in [3.8, 4) is 0 Å². The summed E-state index contributed by atoms with van der Waals surface area (Å²) in [6, 6.07) is 10.7. The average Bonchev–Trinajstić information content (AvgIpc) is 3.00. The Balaban J connectivity index is 2.17. The Kier molecular flexibility index (Phi) is 3.35. The Hall–Kier alpha value is -2.40. The molecule has 21 heavy (non-hydrogen) atoms. The fourth-order valence-electron chi connectivity index (χ4n) is 2.37. The first kappa shape index (κ1) is 13.6. The molecule has 0 bridgehead atoms. The van der Waals surface area contributed by atoms with E-state index in [9.17, 15) is 9.59 Å². The van der Waals surface area contributed by atoms with Gasteiger partial charge in [-0.2, -0.15) is 0 Å². The Bertz CT molecular complexity index is 830. The number of fused-ring (bicyclic) bond motifs is 1. The number of nitrogens with zero attached hydrogens (tertiary/aromatic N) is 1. The summed E-state index contributed by atoms with van der Waals surface area (Å²) in [4.78, 5) is 24.5. The van der Waals surface area contributed by atoms with Crippen LogP contribution in [-0.4, -0.2) is 21.4 Å². The Labute approximate surface area is 125 Å². The minimum atomic E-state index is -0.958. The molecule has 4 nitrogen and oxygen atoms in total. The number of hydrogen-bond donors (Lipinski definition) is 1. The van der Waals surface area contributed by atoms with Crippen molar-refractivity contribution in [1.29, 1.82) is 0 Å². The second-order valence-corrected chi connectivity index (χ2v) is 5.70. The first-order chi connectivity index (χ1) is 10.1. The van der Waals surface area contributed by atoms with E-state index >= 15 is 0 Å². The lowest BCUT2D eigenvalue weighted by atomic mass is 10.1.